The molecule has 102 valence electrons. The van der Waals surface area contributed by atoms with Crippen LogP contribution in [-0.2, 0) is 0 Å². The molecule has 3 rings (SSSR count). The monoisotopic (exact) mass is 262 g/mol. The molecular formula is C16H19FO2. The maximum Gasteiger partial charge on any atom is 0.170 e. The fourth-order valence-corrected chi connectivity index (χ4v) is 3.29. The van der Waals surface area contributed by atoms with Crippen molar-refractivity contribution in [3.05, 3.63) is 29.6 Å². The Kier molecular flexibility index (Phi) is 3.29. The largest absolute Gasteiger partial charge is 0.486 e. The van der Waals surface area contributed by atoms with Gasteiger partial charge in [0.05, 0.1) is 12.0 Å². The Bertz CT molecular complexity index is 488. The number of Topliss-reactive ketones (excluding diaryl/α,β-unsaturated/α-hetero) is 1. The van der Waals surface area contributed by atoms with Crippen LogP contribution in [0.1, 0.15) is 61.7 Å². The second-order valence-electron chi connectivity index (χ2n) is 5.79. The SMILES string of the molecule is O=C1CC2(CCCCCCC2)Oc2ccc(F)cc21. The van der Waals surface area contributed by atoms with Gasteiger partial charge in [0.1, 0.15) is 17.2 Å². The number of carbonyl (C=O) groups excluding carboxylic acids is 1. The zero-order valence-corrected chi connectivity index (χ0v) is 11.1. The van der Waals surface area contributed by atoms with E-state index in [1.165, 1.54) is 31.4 Å². The van der Waals surface area contributed by atoms with Crippen LogP contribution in [-0.4, -0.2) is 11.4 Å². The Balaban J connectivity index is 1.90. The van der Waals surface area contributed by atoms with Crippen LogP contribution in [0.5, 0.6) is 5.75 Å². The highest BCUT2D eigenvalue weighted by Crippen LogP contribution is 2.40. The van der Waals surface area contributed by atoms with E-state index in [0.717, 1.165) is 25.7 Å². The molecule has 0 bridgehead atoms. The summed E-state index contributed by atoms with van der Waals surface area (Å²) in [6.45, 7) is 0. The zero-order chi connectivity index (χ0) is 13.3. The standard InChI is InChI=1S/C16H19FO2/c17-12-6-7-15-13(10-12)14(18)11-16(19-15)8-4-2-1-3-5-9-16/h6-7,10H,1-5,8-9,11H2. The van der Waals surface area contributed by atoms with Crippen LogP contribution in [0, 0.1) is 5.82 Å². The van der Waals surface area contributed by atoms with E-state index in [2.05, 4.69) is 0 Å². The first kappa shape index (κ1) is 12.6. The van der Waals surface area contributed by atoms with Crippen LogP contribution in [0.4, 0.5) is 4.39 Å². The van der Waals surface area contributed by atoms with Gasteiger partial charge >= 0.3 is 0 Å². The maximum absolute atomic E-state index is 13.2. The third kappa shape index (κ3) is 2.51. The van der Waals surface area contributed by atoms with Crippen molar-refractivity contribution in [3.63, 3.8) is 0 Å². The van der Waals surface area contributed by atoms with Gasteiger partial charge in [-0.05, 0) is 43.9 Å². The van der Waals surface area contributed by atoms with Gasteiger partial charge in [-0.3, -0.25) is 4.79 Å². The first-order valence-corrected chi connectivity index (χ1v) is 7.20. The molecule has 19 heavy (non-hydrogen) atoms. The van der Waals surface area contributed by atoms with Crippen molar-refractivity contribution in [2.24, 2.45) is 0 Å². The van der Waals surface area contributed by atoms with Gasteiger partial charge in [0.25, 0.3) is 0 Å². The normalized spacial score (nSPS) is 22.3. The molecule has 0 radical (unpaired) electrons. The van der Waals surface area contributed by atoms with Crippen LogP contribution in [0.3, 0.4) is 0 Å². The number of hydrogen-bond acceptors (Lipinski definition) is 2. The summed E-state index contributed by atoms with van der Waals surface area (Å²) in [7, 11) is 0. The Hall–Kier alpha value is -1.38. The molecule has 1 heterocycles. The van der Waals surface area contributed by atoms with E-state index < -0.39 is 0 Å². The van der Waals surface area contributed by atoms with Crippen LogP contribution in [0.15, 0.2) is 18.2 Å². The van der Waals surface area contributed by atoms with Gasteiger partial charge in [-0.15, -0.1) is 0 Å². The number of ketones is 1. The van der Waals surface area contributed by atoms with Crippen molar-refractivity contribution < 1.29 is 13.9 Å². The number of fused-ring (bicyclic) bond motifs is 1. The summed E-state index contributed by atoms with van der Waals surface area (Å²) in [4.78, 5) is 12.3. The lowest BCUT2D eigenvalue weighted by molar-refractivity contribution is 0.0214. The van der Waals surface area contributed by atoms with E-state index in [1.807, 2.05) is 0 Å². The molecule has 1 fully saturated rings. The van der Waals surface area contributed by atoms with Crippen molar-refractivity contribution in [2.45, 2.75) is 57.0 Å². The molecule has 1 saturated carbocycles. The summed E-state index contributed by atoms with van der Waals surface area (Å²) in [6.07, 6.45) is 8.24. The molecule has 0 saturated heterocycles. The highest BCUT2D eigenvalue weighted by atomic mass is 19.1. The molecule has 0 aromatic heterocycles. The van der Waals surface area contributed by atoms with Gasteiger partial charge in [0, 0.05) is 0 Å². The van der Waals surface area contributed by atoms with E-state index >= 15 is 0 Å². The topological polar surface area (TPSA) is 26.3 Å². The molecule has 1 aliphatic heterocycles. The van der Waals surface area contributed by atoms with Gasteiger partial charge in [-0.25, -0.2) is 4.39 Å². The predicted octanol–water partition coefficient (Wildman–Crippen LogP) is 4.27. The van der Waals surface area contributed by atoms with E-state index in [4.69, 9.17) is 4.74 Å². The molecule has 3 heteroatoms. The predicted molar refractivity (Wildman–Crippen MR) is 71.0 cm³/mol. The Morgan fingerprint density at radius 1 is 1.05 bits per heavy atom. The van der Waals surface area contributed by atoms with Gasteiger partial charge in [-0.1, -0.05) is 19.3 Å². The highest BCUT2D eigenvalue weighted by Gasteiger charge is 2.40. The number of rotatable bonds is 0. The summed E-state index contributed by atoms with van der Waals surface area (Å²) in [5.41, 5.74) is 0.0789. The summed E-state index contributed by atoms with van der Waals surface area (Å²) < 4.78 is 19.3. The van der Waals surface area contributed by atoms with Gasteiger partial charge < -0.3 is 4.74 Å². The number of hydrogen-bond donors (Lipinski definition) is 0. The maximum atomic E-state index is 13.2. The second-order valence-corrected chi connectivity index (χ2v) is 5.79. The quantitative estimate of drug-likeness (QED) is 0.697. The van der Waals surface area contributed by atoms with Gasteiger partial charge in [0.15, 0.2) is 5.78 Å². The molecule has 1 aromatic rings. The van der Waals surface area contributed by atoms with Crippen molar-refractivity contribution in [2.75, 3.05) is 0 Å². The highest BCUT2D eigenvalue weighted by molar-refractivity contribution is 6.00. The Morgan fingerprint density at radius 2 is 1.74 bits per heavy atom. The molecule has 1 spiro atoms. The lowest BCUT2D eigenvalue weighted by Crippen LogP contribution is -2.42. The second kappa shape index (κ2) is 4.95. The van der Waals surface area contributed by atoms with Crippen molar-refractivity contribution in [1.29, 1.82) is 0 Å². The molecular weight excluding hydrogens is 243 g/mol. The summed E-state index contributed by atoms with van der Waals surface area (Å²) in [5.74, 6) is 0.226. The van der Waals surface area contributed by atoms with Crippen LogP contribution in [0.2, 0.25) is 0 Å². The molecule has 1 aromatic carbocycles. The molecule has 0 N–H and O–H groups in total. The first-order chi connectivity index (χ1) is 9.19. The fraction of sp³-hybridized carbons (Fsp3) is 0.562. The number of halogens is 1. The number of benzene rings is 1. The number of carbonyl (C=O) groups is 1. The molecule has 0 atom stereocenters. The van der Waals surface area contributed by atoms with Crippen LogP contribution in [0.25, 0.3) is 0 Å². The molecule has 0 unspecified atom stereocenters. The van der Waals surface area contributed by atoms with Crippen molar-refractivity contribution in [1.82, 2.24) is 0 Å². The van der Waals surface area contributed by atoms with Crippen molar-refractivity contribution >= 4 is 5.78 Å². The van der Waals surface area contributed by atoms with E-state index in [1.54, 1.807) is 6.07 Å². The Morgan fingerprint density at radius 3 is 2.47 bits per heavy atom. The lowest BCUT2D eigenvalue weighted by atomic mass is 9.80. The van der Waals surface area contributed by atoms with Gasteiger partial charge in [0.2, 0.25) is 0 Å². The van der Waals surface area contributed by atoms with E-state index in [0.29, 0.717) is 17.7 Å². The van der Waals surface area contributed by atoms with Crippen LogP contribution >= 0.6 is 0 Å². The minimum atomic E-state index is -0.371. The van der Waals surface area contributed by atoms with Crippen molar-refractivity contribution in [3.8, 4) is 5.75 Å². The molecule has 2 aliphatic rings. The van der Waals surface area contributed by atoms with Crippen LogP contribution < -0.4 is 4.74 Å². The average molecular weight is 262 g/mol. The first-order valence-electron chi connectivity index (χ1n) is 7.20. The minimum absolute atomic E-state index is 0.0290. The Labute approximate surface area is 113 Å². The molecule has 1 aliphatic carbocycles. The summed E-state index contributed by atoms with van der Waals surface area (Å²) in [6, 6.07) is 4.27. The summed E-state index contributed by atoms with van der Waals surface area (Å²) >= 11 is 0. The molecule has 0 amide bonds. The van der Waals surface area contributed by atoms with E-state index in [9.17, 15) is 9.18 Å². The third-order valence-corrected chi connectivity index (χ3v) is 4.32. The zero-order valence-electron chi connectivity index (χ0n) is 11.1. The number of ether oxygens (including phenoxy) is 1. The minimum Gasteiger partial charge on any atom is -0.486 e. The van der Waals surface area contributed by atoms with E-state index in [-0.39, 0.29) is 17.2 Å². The smallest absolute Gasteiger partial charge is 0.170 e. The average Bonchev–Trinajstić information content (AvgIpc) is 2.36. The third-order valence-electron chi connectivity index (χ3n) is 4.32. The van der Waals surface area contributed by atoms with Gasteiger partial charge in [-0.2, -0.15) is 0 Å². The lowest BCUT2D eigenvalue weighted by Gasteiger charge is -2.39. The fourth-order valence-electron chi connectivity index (χ4n) is 3.29. The summed E-state index contributed by atoms with van der Waals surface area (Å²) in [5, 5.41) is 0. The molecule has 2 nitrogen and oxygen atoms in total.